The van der Waals surface area contributed by atoms with Crippen LogP contribution in [0.25, 0.3) is 0 Å². The van der Waals surface area contributed by atoms with E-state index in [1.165, 1.54) is 0 Å². The van der Waals surface area contributed by atoms with Gasteiger partial charge >= 0.3 is 0 Å². The molecule has 0 aliphatic carbocycles. The lowest BCUT2D eigenvalue weighted by Crippen LogP contribution is -2.10. The second kappa shape index (κ2) is 6.38. The highest BCUT2D eigenvalue weighted by molar-refractivity contribution is 14.1. The minimum Gasteiger partial charge on any atom is -0.377 e. The standard InChI is InChI=1S/C12H14ClIN4/c1-2-5-18-12(16-8-17-18)7-15-11-4-3-9(13)6-10(11)14/h3-4,6,8,15H,2,5,7H2,1H3. The molecule has 1 heterocycles. The van der Waals surface area contributed by atoms with Crippen LogP contribution in [-0.2, 0) is 13.1 Å². The van der Waals surface area contributed by atoms with Crippen molar-refractivity contribution in [2.24, 2.45) is 0 Å². The molecule has 0 saturated heterocycles. The summed E-state index contributed by atoms with van der Waals surface area (Å²) in [5, 5.41) is 8.30. The molecule has 0 aliphatic rings. The van der Waals surface area contributed by atoms with Gasteiger partial charge in [-0.3, -0.25) is 0 Å². The fourth-order valence-corrected chi connectivity index (χ4v) is 2.69. The van der Waals surface area contributed by atoms with E-state index in [9.17, 15) is 0 Å². The van der Waals surface area contributed by atoms with Crippen LogP contribution < -0.4 is 5.32 Å². The molecule has 0 spiro atoms. The molecule has 1 aromatic heterocycles. The number of hydrogen-bond donors (Lipinski definition) is 1. The first-order valence-electron chi connectivity index (χ1n) is 5.76. The van der Waals surface area contributed by atoms with Crippen LogP contribution >= 0.6 is 34.2 Å². The summed E-state index contributed by atoms with van der Waals surface area (Å²) in [6.07, 6.45) is 2.65. The van der Waals surface area contributed by atoms with Gasteiger partial charge in [-0.15, -0.1) is 0 Å². The van der Waals surface area contributed by atoms with E-state index in [1.54, 1.807) is 6.33 Å². The van der Waals surface area contributed by atoms with Crippen molar-refractivity contribution in [3.8, 4) is 0 Å². The summed E-state index contributed by atoms with van der Waals surface area (Å²) in [6, 6.07) is 5.79. The van der Waals surface area contributed by atoms with Crippen molar-refractivity contribution < 1.29 is 0 Å². The van der Waals surface area contributed by atoms with Gasteiger partial charge in [-0.2, -0.15) is 5.10 Å². The molecular formula is C12H14ClIN4. The fraction of sp³-hybridized carbons (Fsp3) is 0.333. The topological polar surface area (TPSA) is 42.7 Å². The third-order valence-electron chi connectivity index (χ3n) is 2.50. The Hall–Kier alpha value is -0.820. The largest absolute Gasteiger partial charge is 0.377 e. The minimum atomic E-state index is 0.664. The number of hydrogen-bond acceptors (Lipinski definition) is 3. The molecule has 1 aromatic carbocycles. The van der Waals surface area contributed by atoms with Gasteiger partial charge in [-0.05, 0) is 47.2 Å². The highest BCUT2D eigenvalue weighted by Gasteiger charge is 2.05. The van der Waals surface area contributed by atoms with E-state index in [0.717, 1.165) is 33.1 Å². The third-order valence-corrected chi connectivity index (χ3v) is 3.63. The van der Waals surface area contributed by atoms with Crippen LogP contribution in [0.2, 0.25) is 5.02 Å². The van der Waals surface area contributed by atoms with E-state index in [2.05, 4.69) is 44.9 Å². The predicted molar refractivity (Wildman–Crippen MR) is 81.8 cm³/mol. The van der Waals surface area contributed by atoms with Gasteiger partial charge in [-0.1, -0.05) is 18.5 Å². The summed E-state index contributed by atoms with van der Waals surface area (Å²) in [5.41, 5.74) is 1.06. The van der Waals surface area contributed by atoms with Crippen LogP contribution in [0.3, 0.4) is 0 Å². The highest BCUT2D eigenvalue weighted by Crippen LogP contribution is 2.22. The SMILES string of the molecule is CCCn1ncnc1CNc1ccc(Cl)cc1I. The lowest BCUT2D eigenvalue weighted by atomic mass is 10.3. The zero-order valence-corrected chi connectivity index (χ0v) is 12.9. The molecule has 4 nitrogen and oxygen atoms in total. The average molecular weight is 377 g/mol. The zero-order chi connectivity index (χ0) is 13.0. The van der Waals surface area contributed by atoms with Crippen molar-refractivity contribution in [1.82, 2.24) is 14.8 Å². The Balaban J connectivity index is 2.04. The van der Waals surface area contributed by atoms with Crippen LogP contribution in [0.5, 0.6) is 0 Å². The van der Waals surface area contributed by atoms with Gasteiger partial charge in [0.05, 0.1) is 6.54 Å². The Kier molecular flexibility index (Phi) is 4.82. The molecule has 0 amide bonds. The van der Waals surface area contributed by atoms with E-state index in [-0.39, 0.29) is 0 Å². The van der Waals surface area contributed by atoms with Crippen molar-refractivity contribution in [2.45, 2.75) is 26.4 Å². The smallest absolute Gasteiger partial charge is 0.146 e. The van der Waals surface area contributed by atoms with E-state index < -0.39 is 0 Å². The first kappa shape index (κ1) is 13.6. The summed E-state index contributed by atoms with van der Waals surface area (Å²) in [5.74, 6) is 0.947. The molecule has 0 bridgehead atoms. The first-order chi connectivity index (χ1) is 8.70. The van der Waals surface area contributed by atoms with Crippen molar-refractivity contribution in [3.05, 3.63) is 38.9 Å². The Labute approximate surface area is 125 Å². The monoisotopic (exact) mass is 376 g/mol. The zero-order valence-electron chi connectivity index (χ0n) is 10.0. The Bertz CT molecular complexity index is 527. The number of aromatic nitrogens is 3. The Morgan fingerprint density at radius 2 is 2.28 bits per heavy atom. The second-order valence-corrected chi connectivity index (χ2v) is 5.48. The van der Waals surface area contributed by atoms with Crippen molar-refractivity contribution in [2.75, 3.05) is 5.32 Å². The highest BCUT2D eigenvalue weighted by atomic mass is 127. The average Bonchev–Trinajstić information content (AvgIpc) is 2.76. The van der Waals surface area contributed by atoms with Crippen molar-refractivity contribution >= 4 is 39.9 Å². The molecule has 6 heteroatoms. The Morgan fingerprint density at radius 3 is 3.00 bits per heavy atom. The first-order valence-corrected chi connectivity index (χ1v) is 7.22. The van der Waals surface area contributed by atoms with E-state index >= 15 is 0 Å². The molecular weight excluding hydrogens is 363 g/mol. The van der Waals surface area contributed by atoms with Crippen LogP contribution in [0.4, 0.5) is 5.69 Å². The minimum absolute atomic E-state index is 0.664. The number of benzene rings is 1. The van der Waals surface area contributed by atoms with Gasteiger partial charge in [0.15, 0.2) is 0 Å². The number of aryl methyl sites for hydroxylation is 1. The van der Waals surface area contributed by atoms with Crippen molar-refractivity contribution in [1.29, 1.82) is 0 Å². The summed E-state index contributed by atoms with van der Waals surface area (Å²) in [7, 11) is 0. The van der Waals surface area contributed by atoms with E-state index in [1.807, 2.05) is 22.9 Å². The Morgan fingerprint density at radius 1 is 1.44 bits per heavy atom. The molecule has 2 rings (SSSR count). The van der Waals surface area contributed by atoms with Gasteiger partial charge in [-0.25, -0.2) is 9.67 Å². The van der Waals surface area contributed by atoms with Crippen LogP contribution in [0.15, 0.2) is 24.5 Å². The van der Waals surface area contributed by atoms with E-state index in [4.69, 9.17) is 11.6 Å². The molecule has 0 radical (unpaired) electrons. The normalized spacial score (nSPS) is 10.6. The maximum absolute atomic E-state index is 5.92. The van der Waals surface area contributed by atoms with E-state index in [0.29, 0.717) is 6.54 Å². The van der Waals surface area contributed by atoms with Gasteiger partial charge in [0, 0.05) is 20.8 Å². The van der Waals surface area contributed by atoms with Gasteiger partial charge in [0.1, 0.15) is 12.2 Å². The number of anilines is 1. The van der Waals surface area contributed by atoms with Crippen LogP contribution in [0, 0.1) is 3.57 Å². The molecule has 1 N–H and O–H groups in total. The molecule has 0 atom stereocenters. The number of nitrogens with zero attached hydrogens (tertiary/aromatic N) is 3. The quantitative estimate of drug-likeness (QED) is 0.812. The second-order valence-electron chi connectivity index (χ2n) is 3.88. The molecule has 2 aromatic rings. The molecule has 0 saturated carbocycles. The summed E-state index contributed by atoms with van der Waals surface area (Å²) in [6.45, 7) is 3.69. The lowest BCUT2D eigenvalue weighted by Gasteiger charge is -2.09. The lowest BCUT2D eigenvalue weighted by molar-refractivity contribution is 0.574. The third kappa shape index (κ3) is 3.35. The van der Waals surface area contributed by atoms with Crippen LogP contribution in [-0.4, -0.2) is 14.8 Å². The number of halogens is 2. The molecule has 0 fully saturated rings. The number of nitrogens with one attached hydrogen (secondary N) is 1. The predicted octanol–water partition coefficient (Wildman–Crippen LogP) is 3.56. The summed E-state index contributed by atoms with van der Waals surface area (Å²) < 4.78 is 3.03. The number of rotatable bonds is 5. The summed E-state index contributed by atoms with van der Waals surface area (Å²) in [4.78, 5) is 4.26. The molecule has 0 aliphatic heterocycles. The van der Waals surface area contributed by atoms with Gasteiger partial charge in [0.25, 0.3) is 0 Å². The molecule has 18 heavy (non-hydrogen) atoms. The maximum Gasteiger partial charge on any atom is 0.146 e. The van der Waals surface area contributed by atoms with Crippen LogP contribution in [0.1, 0.15) is 19.2 Å². The van der Waals surface area contributed by atoms with Gasteiger partial charge < -0.3 is 5.32 Å². The maximum atomic E-state index is 5.92. The fourth-order valence-electron chi connectivity index (χ4n) is 1.63. The molecule has 96 valence electrons. The molecule has 0 unspecified atom stereocenters. The van der Waals surface area contributed by atoms with Gasteiger partial charge in [0.2, 0.25) is 0 Å². The van der Waals surface area contributed by atoms with Crippen molar-refractivity contribution in [3.63, 3.8) is 0 Å². The summed E-state index contributed by atoms with van der Waals surface area (Å²) >= 11 is 8.19.